The van der Waals surface area contributed by atoms with Crippen LogP contribution in [0.2, 0.25) is 0 Å². The number of benzene rings is 2. The van der Waals surface area contributed by atoms with E-state index >= 15 is 0 Å². The molecule has 0 aliphatic carbocycles. The van der Waals surface area contributed by atoms with Gasteiger partial charge in [-0.2, -0.15) is 0 Å². The molecule has 5 heteroatoms. The fraction of sp³-hybridized carbons (Fsp3) is 0.263. The number of aryl methyl sites for hydroxylation is 1. The number of hydrogen-bond acceptors (Lipinski definition) is 3. The predicted molar refractivity (Wildman–Crippen MR) is 104 cm³/mol. The van der Waals surface area contributed by atoms with Crippen LogP contribution in [0.4, 0.5) is 10.1 Å². The van der Waals surface area contributed by atoms with E-state index in [1.54, 1.807) is 24.5 Å². The van der Waals surface area contributed by atoms with Gasteiger partial charge in [0.15, 0.2) is 0 Å². The van der Waals surface area contributed by atoms with E-state index in [-0.39, 0.29) is 5.82 Å². The van der Waals surface area contributed by atoms with E-state index in [1.165, 1.54) is 16.5 Å². The van der Waals surface area contributed by atoms with Gasteiger partial charge in [-0.1, -0.05) is 15.9 Å². The van der Waals surface area contributed by atoms with Crippen molar-refractivity contribution in [1.29, 1.82) is 0 Å². The van der Waals surface area contributed by atoms with E-state index in [0.717, 1.165) is 38.8 Å². The molecule has 1 aromatic heterocycles. The first-order valence-electron chi connectivity index (χ1n) is 7.77. The van der Waals surface area contributed by atoms with Gasteiger partial charge in [-0.3, -0.25) is 0 Å². The fourth-order valence-electron chi connectivity index (χ4n) is 2.80. The van der Waals surface area contributed by atoms with Crippen molar-refractivity contribution >= 4 is 43.0 Å². The van der Waals surface area contributed by atoms with Crippen molar-refractivity contribution in [2.24, 2.45) is 0 Å². The van der Waals surface area contributed by atoms with Gasteiger partial charge in [0.1, 0.15) is 5.82 Å². The Morgan fingerprint density at radius 1 is 1.21 bits per heavy atom. The molecule has 0 atom stereocenters. The molecule has 2 aromatic carbocycles. The second-order valence-electron chi connectivity index (χ2n) is 5.70. The summed E-state index contributed by atoms with van der Waals surface area (Å²) in [6.45, 7) is 3.47. The molecule has 0 aliphatic rings. The van der Waals surface area contributed by atoms with Crippen LogP contribution in [0, 0.1) is 12.7 Å². The molecule has 1 heterocycles. The van der Waals surface area contributed by atoms with Crippen LogP contribution in [0.15, 0.2) is 40.9 Å². The molecule has 0 aliphatic heterocycles. The van der Waals surface area contributed by atoms with Gasteiger partial charge < -0.3 is 10.1 Å². The van der Waals surface area contributed by atoms with Crippen molar-refractivity contribution in [2.45, 2.75) is 20.0 Å². The van der Waals surface area contributed by atoms with Crippen LogP contribution in [-0.4, -0.2) is 13.7 Å². The van der Waals surface area contributed by atoms with Crippen LogP contribution in [-0.2, 0) is 17.8 Å². The molecule has 0 radical (unpaired) electrons. The van der Waals surface area contributed by atoms with Crippen molar-refractivity contribution in [2.75, 3.05) is 19.0 Å². The number of methoxy groups -OCH3 is 1. The molecule has 24 heavy (non-hydrogen) atoms. The standard InChI is InChI=1S/C19H19BrFNOS/c1-12-16-10-15(21)4-6-19(16)24-18(12)7-8-22-17-5-3-14(20)9-13(17)11-23-2/h3-6,9-10,22H,7-8,11H2,1-2H3. The fourth-order valence-corrected chi connectivity index (χ4v) is 4.40. The Kier molecular flexibility index (Phi) is 5.54. The molecule has 3 aromatic rings. The summed E-state index contributed by atoms with van der Waals surface area (Å²) in [7, 11) is 1.70. The Morgan fingerprint density at radius 2 is 2.04 bits per heavy atom. The largest absolute Gasteiger partial charge is 0.384 e. The minimum atomic E-state index is -0.174. The number of anilines is 1. The third kappa shape index (κ3) is 3.79. The van der Waals surface area contributed by atoms with Gasteiger partial charge in [-0.05, 0) is 60.7 Å². The van der Waals surface area contributed by atoms with Gasteiger partial charge >= 0.3 is 0 Å². The molecule has 3 rings (SSSR count). The number of fused-ring (bicyclic) bond motifs is 1. The normalized spacial score (nSPS) is 11.2. The minimum absolute atomic E-state index is 0.174. The van der Waals surface area contributed by atoms with E-state index in [1.807, 2.05) is 12.1 Å². The first-order valence-corrected chi connectivity index (χ1v) is 9.38. The lowest BCUT2D eigenvalue weighted by Gasteiger charge is -2.12. The number of rotatable bonds is 6. The molecule has 2 nitrogen and oxygen atoms in total. The topological polar surface area (TPSA) is 21.3 Å². The number of halogens is 2. The smallest absolute Gasteiger partial charge is 0.123 e. The number of hydrogen-bond donors (Lipinski definition) is 1. The summed E-state index contributed by atoms with van der Waals surface area (Å²) in [6.07, 6.45) is 0.912. The summed E-state index contributed by atoms with van der Waals surface area (Å²) in [5.74, 6) is -0.174. The van der Waals surface area contributed by atoms with E-state index in [9.17, 15) is 4.39 Å². The third-order valence-corrected chi connectivity index (χ3v) is 5.86. The first-order chi connectivity index (χ1) is 11.6. The Labute approximate surface area is 153 Å². The van der Waals surface area contributed by atoms with Crippen molar-refractivity contribution in [3.8, 4) is 0 Å². The molecule has 0 saturated carbocycles. The predicted octanol–water partition coefficient (Wildman–Crippen LogP) is 5.91. The van der Waals surface area contributed by atoms with Crippen molar-refractivity contribution in [1.82, 2.24) is 0 Å². The zero-order chi connectivity index (χ0) is 17.1. The summed E-state index contributed by atoms with van der Waals surface area (Å²) in [6, 6.07) is 11.2. The van der Waals surface area contributed by atoms with E-state index in [2.05, 4.69) is 40.3 Å². The number of thiophene rings is 1. The maximum Gasteiger partial charge on any atom is 0.123 e. The SMILES string of the molecule is COCc1cc(Br)ccc1NCCc1sc2ccc(F)cc2c1C. The number of ether oxygens (including phenoxy) is 1. The Hall–Kier alpha value is -1.43. The molecule has 0 spiro atoms. The molecule has 0 bridgehead atoms. The molecule has 1 N–H and O–H groups in total. The quantitative estimate of drug-likeness (QED) is 0.547. The highest BCUT2D eigenvalue weighted by atomic mass is 79.9. The maximum atomic E-state index is 13.4. The van der Waals surface area contributed by atoms with Crippen LogP contribution in [0.3, 0.4) is 0 Å². The van der Waals surface area contributed by atoms with Crippen LogP contribution in [0.25, 0.3) is 10.1 Å². The van der Waals surface area contributed by atoms with Gasteiger partial charge in [-0.25, -0.2) is 4.39 Å². The van der Waals surface area contributed by atoms with E-state index in [4.69, 9.17) is 4.74 Å². The summed E-state index contributed by atoms with van der Waals surface area (Å²) >= 11 is 5.24. The summed E-state index contributed by atoms with van der Waals surface area (Å²) < 4.78 is 20.9. The second kappa shape index (κ2) is 7.64. The highest BCUT2D eigenvalue weighted by Crippen LogP contribution is 2.31. The third-order valence-electron chi connectivity index (χ3n) is 4.03. The molecule has 0 amide bonds. The zero-order valence-electron chi connectivity index (χ0n) is 13.7. The Balaban J connectivity index is 1.72. The van der Waals surface area contributed by atoms with Gasteiger partial charge in [0, 0.05) is 39.0 Å². The maximum absolute atomic E-state index is 13.4. The molecular weight excluding hydrogens is 389 g/mol. The average molecular weight is 408 g/mol. The molecule has 0 unspecified atom stereocenters. The average Bonchev–Trinajstić information content (AvgIpc) is 2.86. The molecular formula is C19H19BrFNOS. The molecule has 126 valence electrons. The summed E-state index contributed by atoms with van der Waals surface area (Å²) in [5.41, 5.74) is 3.40. The van der Waals surface area contributed by atoms with Gasteiger partial charge in [0.05, 0.1) is 6.61 Å². The monoisotopic (exact) mass is 407 g/mol. The van der Waals surface area contributed by atoms with Crippen molar-refractivity contribution in [3.63, 3.8) is 0 Å². The van der Waals surface area contributed by atoms with Crippen molar-refractivity contribution in [3.05, 3.63) is 62.7 Å². The first kappa shape index (κ1) is 17.4. The van der Waals surface area contributed by atoms with E-state index in [0.29, 0.717) is 6.61 Å². The van der Waals surface area contributed by atoms with Crippen LogP contribution in [0.5, 0.6) is 0 Å². The highest BCUT2D eigenvalue weighted by Gasteiger charge is 2.09. The van der Waals surface area contributed by atoms with E-state index < -0.39 is 0 Å². The van der Waals surface area contributed by atoms with Crippen molar-refractivity contribution < 1.29 is 9.13 Å². The van der Waals surface area contributed by atoms with Gasteiger partial charge in [-0.15, -0.1) is 11.3 Å². The highest BCUT2D eigenvalue weighted by molar-refractivity contribution is 9.10. The molecule has 0 saturated heterocycles. The van der Waals surface area contributed by atoms with Crippen LogP contribution >= 0.6 is 27.3 Å². The summed E-state index contributed by atoms with van der Waals surface area (Å²) in [4.78, 5) is 1.30. The second-order valence-corrected chi connectivity index (χ2v) is 7.75. The minimum Gasteiger partial charge on any atom is -0.384 e. The van der Waals surface area contributed by atoms with Crippen LogP contribution in [0.1, 0.15) is 16.0 Å². The Morgan fingerprint density at radius 3 is 2.83 bits per heavy atom. The van der Waals surface area contributed by atoms with Gasteiger partial charge in [0.25, 0.3) is 0 Å². The lowest BCUT2D eigenvalue weighted by Crippen LogP contribution is -2.07. The number of nitrogens with one attached hydrogen (secondary N) is 1. The molecule has 0 fully saturated rings. The zero-order valence-corrected chi connectivity index (χ0v) is 16.1. The van der Waals surface area contributed by atoms with Gasteiger partial charge in [0.2, 0.25) is 0 Å². The lowest BCUT2D eigenvalue weighted by molar-refractivity contribution is 0.185. The lowest BCUT2D eigenvalue weighted by atomic mass is 10.1. The van der Waals surface area contributed by atoms with Crippen LogP contribution < -0.4 is 5.32 Å². The Bertz CT molecular complexity index is 862. The summed E-state index contributed by atoms with van der Waals surface area (Å²) in [5, 5.41) is 4.52.